The maximum Gasteiger partial charge on any atom is 0.133 e. The summed E-state index contributed by atoms with van der Waals surface area (Å²) in [5.74, 6) is 1.58. The smallest absolute Gasteiger partial charge is 0.133 e. The first-order valence-electron chi connectivity index (χ1n) is 10.5. The Morgan fingerprint density at radius 2 is 1.60 bits per heavy atom. The van der Waals surface area contributed by atoms with Gasteiger partial charge in [-0.3, -0.25) is 0 Å². The summed E-state index contributed by atoms with van der Waals surface area (Å²) in [5.41, 5.74) is 1.65. The molecular weight excluding hydrogens is 306 g/mol. The summed E-state index contributed by atoms with van der Waals surface area (Å²) in [6, 6.07) is 7.66. The maximum absolute atomic E-state index is 9.65. The number of nitriles is 1. The van der Waals surface area contributed by atoms with Gasteiger partial charge in [-0.1, -0.05) is 70.8 Å². The van der Waals surface area contributed by atoms with Crippen molar-refractivity contribution in [2.75, 3.05) is 0 Å². The largest absolute Gasteiger partial charge is 0.507 e. The molecule has 0 aliphatic heterocycles. The Kier molecular flexibility index (Phi) is 8.87. The Morgan fingerprint density at radius 3 is 2.24 bits per heavy atom. The van der Waals surface area contributed by atoms with Crippen LogP contribution in [0.5, 0.6) is 5.75 Å². The lowest BCUT2D eigenvalue weighted by Gasteiger charge is -2.29. The lowest BCUT2D eigenvalue weighted by molar-refractivity contribution is 0.301. The molecule has 1 aliphatic carbocycles. The molecule has 0 saturated heterocycles. The lowest BCUT2D eigenvalue weighted by atomic mass is 9.77. The van der Waals surface area contributed by atoms with E-state index in [4.69, 9.17) is 5.26 Å². The zero-order chi connectivity index (χ0) is 17.9. The van der Waals surface area contributed by atoms with Crippen molar-refractivity contribution in [3.8, 4) is 11.8 Å². The summed E-state index contributed by atoms with van der Waals surface area (Å²) in [6.45, 7) is 2.28. The molecule has 0 heterocycles. The monoisotopic (exact) mass is 341 g/mol. The van der Waals surface area contributed by atoms with Crippen LogP contribution in [0, 0.1) is 17.2 Å². The van der Waals surface area contributed by atoms with Gasteiger partial charge in [0.05, 0.1) is 5.56 Å². The Morgan fingerprint density at radius 1 is 0.960 bits per heavy atom. The van der Waals surface area contributed by atoms with Gasteiger partial charge in [0.15, 0.2) is 0 Å². The molecule has 0 atom stereocenters. The molecule has 1 N–H and O–H groups in total. The van der Waals surface area contributed by atoms with Gasteiger partial charge in [-0.2, -0.15) is 5.26 Å². The summed E-state index contributed by atoms with van der Waals surface area (Å²) in [6.07, 6.45) is 17.8. The molecule has 2 rings (SSSR count). The zero-order valence-electron chi connectivity index (χ0n) is 16.0. The molecule has 0 amide bonds. The third-order valence-corrected chi connectivity index (χ3v) is 5.93. The number of nitrogens with zero attached hydrogens (tertiary/aromatic N) is 1. The highest BCUT2D eigenvalue weighted by Crippen LogP contribution is 2.38. The fraction of sp³-hybridized carbons (Fsp3) is 0.696. The van der Waals surface area contributed by atoms with E-state index in [-0.39, 0.29) is 5.75 Å². The van der Waals surface area contributed by atoms with Crippen LogP contribution in [0.1, 0.15) is 107 Å². The fourth-order valence-corrected chi connectivity index (χ4v) is 4.25. The van der Waals surface area contributed by atoms with Gasteiger partial charge in [0.2, 0.25) is 0 Å². The van der Waals surface area contributed by atoms with Crippen LogP contribution in [-0.4, -0.2) is 5.11 Å². The Balaban J connectivity index is 1.61. The summed E-state index contributed by atoms with van der Waals surface area (Å²) in [4.78, 5) is 0. The van der Waals surface area contributed by atoms with Gasteiger partial charge < -0.3 is 5.11 Å². The topological polar surface area (TPSA) is 44.0 Å². The Labute approximate surface area is 154 Å². The number of rotatable bonds is 10. The number of benzene rings is 1. The molecule has 1 aromatic carbocycles. The van der Waals surface area contributed by atoms with Crippen LogP contribution in [0.2, 0.25) is 0 Å². The Hall–Kier alpha value is -1.49. The van der Waals surface area contributed by atoms with Crippen molar-refractivity contribution in [3.05, 3.63) is 29.3 Å². The molecule has 0 radical (unpaired) electrons. The number of hydrogen-bond acceptors (Lipinski definition) is 2. The normalized spacial score (nSPS) is 20.3. The molecule has 1 saturated carbocycles. The van der Waals surface area contributed by atoms with E-state index >= 15 is 0 Å². The van der Waals surface area contributed by atoms with Crippen LogP contribution in [0.25, 0.3) is 0 Å². The molecular formula is C23H35NO. The molecule has 1 fully saturated rings. The van der Waals surface area contributed by atoms with E-state index in [1.165, 1.54) is 89.0 Å². The van der Waals surface area contributed by atoms with Crippen LogP contribution in [0.4, 0.5) is 0 Å². The zero-order valence-corrected chi connectivity index (χ0v) is 16.0. The minimum atomic E-state index is 0.106. The van der Waals surface area contributed by atoms with Crippen molar-refractivity contribution in [1.29, 1.82) is 5.26 Å². The third-order valence-electron chi connectivity index (χ3n) is 5.93. The molecule has 0 bridgehead atoms. The minimum absolute atomic E-state index is 0.106. The van der Waals surface area contributed by atoms with Crippen molar-refractivity contribution in [2.45, 2.75) is 96.3 Å². The Bertz CT molecular complexity index is 538. The predicted octanol–water partition coefficient (Wildman–Crippen LogP) is 7.07. The highest BCUT2D eigenvalue weighted by Gasteiger charge is 2.22. The van der Waals surface area contributed by atoms with Gasteiger partial charge in [-0.25, -0.2) is 0 Å². The van der Waals surface area contributed by atoms with E-state index < -0.39 is 0 Å². The van der Waals surface area contributed by atoms with Crippen molar-refractivity contribution >= 4 is 0 Å². The number of unbranched alkanes of at least 4 members (excludes halogenated alkanes) is 7. The summed E-state index contributed by atoms with van der Waals surface area (Å²) < 4.78 is 0. The first-order valence-corrected chi connectivity index (χ1v) is 10.5. The van der Waals surface area contributed by atoms with Crippen LogP contribution in [-0.2, 0) is 0 Å². The number of aromatic hydroxyl groups is 1. The average Bonchev–Trinajstić information content (AvgIpc) is 2.65. The van der Waals surface area contributed by atoms with E-state index in [0.717, 1.165) is 5.92 Å². The second-order valence-corrected chi connectivity index (χ2v) is 7.87. The summed E-state index contributed by atoms with van der Waals surface area (Å²) >= 11 is 0. The van der Waals surface area contributed by atoms with E-state index in [0.29, 0.717) is 11.5 Å². The molecule has 1 aromatic rings. The van der Waals surface area contributed by atoms with E-state index in [1.807, 2.05) is 12.1 Å². The first-order chi connectivity index (χ1) is 12.2. The summed E-state index contributed by atoms with van der Waals surface area (Å²) in [5, 5.41) is 18.7. The second-order valence-electron chi connectivity index (χ2n) is 7.87. The van der Waals surface area contributed by atoms with Crippen LogP contribution >= 0.6 is 0 Å². The molecule has 2 heteroatoms. The van der Waals surface area contributed by atoms with Crippen molar-refractivity contribution in [3.63, 3.8) is 0 Å². The molecule has 25 heavy (non-hydrogen) atoms. The van der Waals surface area contributed by atoms with E-state index in [2.05, 4.69) is 13.0 Å². The highest BCUT2D eigenvalue weighted by molar-refractivity contribution is 5.45. The predicted molar refractivity (Wildman–Crippen MR) is 105 cm³/mol. The van der Waals surface area contributed by atoms with Gasteiger partial charge in [0, 0.05) is 0 Å². The van der Waals surface area contributed by atoms with Gasteiger partial charge in [-0.15, -0.1) is 0 Å². The molecule has 138 valence electrons. The number of hydrogen-bond donors (Lipinski definition) is 1. The second kappa shape index (κ2) is 11.2. The molecule has 0 spiro atoms. The number of phenolic OH excluding ortho intramolecular Hbond substituents is 1. The average molecular weight is 342 g/mol. The molecule has 0 aromatic heterocycles. The van der Waals surface area contributed by atoms with Gasteiger partial charge in [0.1, 0.15) is 11.8 Å². The minimum Gasteiger partial charge on any atom is -0.507 e. The molecule has 1 aliphatic rings. The standard InChI is InChI=1S/C23H35NO/c1-2-3-4-5-6-7-8-9-10-19-11-13-20(14-12-19)21-15-16-23(25)22(17-21)18-24/h15-17,19-20,25H,2-14H2,1H3. The van der Waals surface area contributed by atoms with E-state index in [9.17, 15) is 5.11 Å². The third kappa shape index (κ3) is 6.73. The van der Waals surface area contributed by atoms with Gasteiger partial charge in [-0.05, 0) is 55.2 Å². The number of phenols is 1. The van der Waals surface area contributed by atoms with Crippen molar-refractivity contribution in [2.24, 2.45) is 5.92 Å². The lowest BCUT2D eigenvalue weighted by Crippen LogP contribution is -2.13. The first kappa shape index (κ1) is 19.8. The van der Waals surface area contributed by atoms with Crippen LogP contribution in [0.3, 0.4) is 0 Å². The van der Waals surface area contributed by atoms with E-state index in [1.54, 1.807) is 6.07 Å². The summed E-state index contributed by atoms with van der Waals surface area (Å²) in [7, 11) is 0. The highest BCUT2D eigenvalue weighted by atomic mass is 16.3. The van der Waals surface area contributed by atoms with Crippen LogP contribution < -0.4 is 0 Å². The fourth-order valence-electron chi connectivity index (χ4n) is 4.25. The molecule has 2 nitrogen and oxygen atoms in total. The maximum atomic E-state index is 9.65. The van der Waals surface area contributed by atoms with Gasteiger partial charge >= 0.3 is 0 Å². The van der Waals surface area contributed by atoms with Crippen molar-refractivity contribution in [1.82, 2.24) is 0 Å². The SMILES string of the molecule is CCCCCCCCCCC1CCC(c2ccc(O)c(C#N)c2)CC1. The quantitative estimate of drug-likeness (QED) is 0.462. The van der Waals surface area contributed by atoms with Crippen LogP contribution in [0.15, 0.2) is 18.2 Å². The van der Waals surface area contributed by atoms with Crippen molar-refractivity contribution < 1.29 is 5.11 Å². The van der Waals surface area contributed by atoms with Gasteiger partial charge in [0.25, 0.3) is 0 Å². The molecule has 0 unspecified atom stereocenters.